The highest BCUT2D eigenvalue weighted by molar-refractivity contribution is 5.94. The molecule has 0 bridgehead atoms. The Morgan fingerprint density at radius 1 is 0.556 bits per heavy atom. The van der Waals surface area contributed by atoms with Crippen molar-refractivity contribution in [3.8, 4) is 0 Å². The van der Waals surface area contributed by atoms with E-state index in [2.05, 4.69) is 61.2 Å². The first-order chi connectivity index (χ1) is 13.4. The Hall–Kier alpha value is -1.50. The van der Waals surface area contributed by atoms with Gasteiger partial charge in [0.05, 0.1) is 0 Å². The van der Waals surface area contributed by atoms with E-state index in [0.717, 1.165) is 0 Å². The van der Waals surface area contributed by atoms with Crippen LogP contribution >= 0.6 is 0 Å². The maximum absolute atomic E-state index is 2.64. The summed E-state index contributed by atoms with van der Waals surface area (Å²) in [7, 11) is 0. The van der Waals surface area contributed by atoms with Gasteiger partial charge in [-0.2, -0.15) is 0 Å². The smallest absolute Gasteiger partial charge is 0.0445 e. The molecule has 1 nitrogen and oxygen atoms in total. The molecule has 1 heteroatoms. The minimum atomic E-state index is 1.18. The molecule has 0 saturated heterocycles. The van der Waals surface area contributed by atoms with Crippen molar-refractivity contribution in [3.63, 3.8) is 0 Å². The van der Waals surface area contributed by atoms with Crippen LogP contribution in [0.2, 0.25) is 0 Å². The molecule has 2 rings (SSSR count). The Labute approximate surface area is 168 Å². The number of nitrogens with zero attached hydrogens (tertiary/aromatic N) is 1. The molecular formula is C26H41N. The van der Waals surface area contributed by atoms with Crippen LogP contribution in [0.15, 0.2) is 42.5 Å². The lowest BCUT2D eigenvalue weighted by atomic mass is 10.1. The van der Waals surface area contributed by atoms with Crippen LogP contribution < -0.4 is 4.90 Å². The first-order valence-corrected chi connectivity index (χ1v) is 11.6. The summed E-state index contributed by atoms with van der Waals surface area (Å²) in [6.07, 6.45) is 16.6. The van der Waals surface area contributed by atoms with Crippen LogP contribution in [-0.4, -0.2) is 13.1 Å². The summed E-state index contributed by atoms with van der Waals surface area (Å²) in [6, 6.07) is 15.6. The van der Waals surface area contributed by atoms with Crippen LogP contribution in [-0.2, 0) is 0 Å². The van der Waals surface area contributed by atoms with Gasteiger partial charge in [-0.1, -0.05) is 114 Å². The lowest BCUT2D eigenvalue weighted by Gasteiger charge is -2.26. The Morgan fingerprint density at radius 2 is 1.11 bits per heavy atom. The molecule has 0 saturated carbocycles. The second-order valence-corrected chi connectivity index (χ2v) is 8.02. The molecule has 0 atom stereocenters. The first kappa shape index (κ1) is 21.8. The predicted octanol–water partition coefficient (Wildman–Crippen LogP) is 8.37. The minimum absolute atomic E-state index is 1.18. The number of hydrogen-bond donors (Lipinski definition) is 0. The summed E-state index contributed by atoms with van der Waals surface area (Å²) in [4.78, 5) is 2.64. The summed E-state index contributed by atoms with van der Waals surface area (Å²) in [5.74, 6) is 0. The van der Waals surface area contributed by atoms with Gasteiger partial charge in [0.25, 0.3) is 0 Å². The van der Waals surface area contributed by atoms with Gasteiger partial charge in [-0.05, 0) is 24.3 Å². The maximum atomic E-state index is 2.64. The zero-order valence-electron chi connectivity index (χ0n) is 17.9. The maximum Gasteiger partial charge on any atom is 0.0445 e. The van der Waals surface area contributed by atoms with Crippen LogP contribution in [0.5, 0.6) is 0 Å². The first-order valence-electron chi connectivity index (χ1n) is 11.6. The van der Waals surface area contributed by atoms with E-state index in [-0.39, 0.29) is 0 Å². The van der Waals surface area contributed by atoms with Crippen LogP contribution in [0.25, 0.3) is 10.8 Å². The highest BCUT2D eigenvalue weighted by Crippen LogP contribution is 2.27. The summed E-state index contributed by atoms with van der Waals surface area (Å²) >= 11 is 0. The molecule has 0 aromatic heterocycles. The Bertz CT molecular complexity index is 613. The van der Waals surface area contributed by atoms with E-state index in [1.807, 2.05) is 0 Å². The van der Waals surface area contributed by atoms with E-state index >= 15 is 0 Å². The topological polar surface area (TPSA) is 3.24 Å². The largest absolute Gasteiger partial charge is 0.371 e. The van der Waals surface area contributed by atoms with Gasteiger partial charge in [-0.3, -0.25) is 0 Å². The zero-order chi connectivity index (χ0) is 19.2. The highest BCUT2D eigenvalue weighted by Gasteiger charge is 2.09. The summed E-state index contributed by atoms with van der Waals surface area (Å²) in [6.45, 7) is 6.97. The van der Waals surface area contributed by atoms with E-state index in [0.29, 0.717) is 0 Å². The van der Waals surface area contributed by atoms with Crippen molar-refractivity contribution in [2.45, 2.75) is 90.9 Å². The molecule has 0 fully saturated rings. The standard InChI is InChI=1S/C26H41N/c1-3-5-7-8-9-10-11-12-13-16-23-27(22-6-4-2)26-21-17-19-24-18-14-15-20-25(24)26/h14-15,17-21H,3-13,16,22-23H2,1-2H3. The fourth-order valence-corrected chi connectivity index (χ4v) is 3.98. The molecule has 27 heavy (non-hydrogen) atoms. The van der Waals surface area contributed by atoms with Gasteiger partial charge in [-0.25, -0.2) is 0 Å². The third-order valence-corrected chi connectivity index (χ3v) is 5.67. The van der Waals surface area contributed by atoms with Crippen LogP contribution in [0.3, 0.4) is 0 Å². The molecule has 0 heterocycles. The molecule has 2 aromatic rings. The number of fused-ring (bicyclic) bond motifs is 1. The number of rotatable bonds is 15. The summed E-state index contributed by atoms with van der Waals surface area (Å²) < 4.78 is 0. The van der Waals surface area contributed by atoms with Gasteiger partial charge in [0.15, 0.2) is 0 Å². The molecular weight excluding hydrogens is 326 g/mol. The number of anilines is 1. The molecule has 0 spiro atoms. The molecule has 0 aliphatic rings. The van der Waals surface area contributed by atoms with Gasteiger partial charge >= 0.3 is 0 Å². The summed E-state index contributed by atoms with van der Waals surface area (Å²) in [5, 5.41) is 2.77. The average molecular weight is 368 g/mol. The van der Waals surface area contributed by atoms with Crippen LogP contribution in [0.1, 0.15) is 90.9 Å². The van der Waals surface area contributed by atoms with E-state index < -0.39 is 0 Å². The number of hydrogen-bond acceptors (Lipinski definition) is 1. The molecule has 0 radical (unpaired) electrons. The normalized spacial score (nSPS) is 11.2. The van der Waals surface area contributed by atoms with Crippen molar-refractivity contribution in [2.24, 2.45) is 0 Å². The molecule has 0 N–H and O–H groups in total. The minimum Gasteiger partial charge on any atom is -0.371 e. The van der Waals surface area contributed by atoms with Crippen molar-refractivity contribution in [1.29, 1.82) is 0 Å². The fourth-order valence-electron chi connectivity index (χ4n) is 3.98. The Kier molecular flexibility index (Phi) is 11.0. The van der Waals surface area contributed by atoms with Crippen molar-refractivity contribution in [1.82, 2.24) is 0 Å². The van der Waals surface area contributed by atoms with Crippen molar-refractivity contribution in [3.05, 3.63) is 42.5 Å². The van der Waals surface area contributed by atoms with E-state index in [4.69, 9.17) is 0 Å². The SMILES string of the molecule is CCCCCCCCCCCCN(CCCC)c1cccc2ccccc12. The van der Waals surface area contributed by atoms with Crippen LogP contribution in [0.4, 0.5) is 5.69 Å². The molecule has 0 amide bonds. The highest BCUT2D eigenvalue weighted by atomic mass is 15.1. The third-order valence-electron chi connectivity index (χ3n) is 5.67. The van der Waals surface area contributed by atoms with E-state index in [9.17, 15) is 0 Å². The molecule has 2 aromatic carbocycles. The van der Waals surface area contributed by atoms with Crippen molar-refractivity contribution < 1.29 is 0 Å². The fraction of sp³-hybridized carbons (Fsp3) is 0.615. The van der Waals surface area contributed by atoms with Gasteiger partial charge in [0.1, 0.15) is 0 Å². The van der Waals surface area contributed by atoms with Crippen molar-refractivity contribution in [2.75, 3.05) is 18.0 Å². The lowest BCUT2D eigenvalue weighted by Crippen LogP contribution is -2.25. The summed E-state index contributed by atoms with van der Waals surface area (Å²) in [5.41, 5.74) is 1.43. The van der Waals surface area contributed by atoms with Gasteiger partial charge < -0.3 is 4.90 Å². The zero-order valence-corrected chi connectivity index (χ0v) is 17.9. The average Bonchev–Trinajstić information content (AvgIpc) is 2.71. The quantitative estimate of drug-likeness (QED) is 0.286. The number of unbranched alkanes of at least 4 members (excludes halogenated alkanes) is 10. The lowest BCUT2D eigenvalue weighted by molar-refractivity contribution is 0.553. The monoisotopic (exact) mass is 367 g/mol. The Morgan fingerprint density at radius 3 is 1.81 bits per heavy atom. The molecule has 150 valence electrons. The second-order valence-electron chi connectivity index (χ2n) is 8.02. The number of benzene rings is 2. The van der Waals surface area contributed by atoms with Crippen molar-refractivity contribution >= 4 is 16.5 Å². The predicted molar refractivity (Wildman–Crippen MR) is 123 cm³/mol. The molecule has 0 aliphatic heterocycles. The van der Waals surface area contributed by atoms with Crippen LogP contribution in [0, 0.1) is 0 Å². The van der Waals surface area contributed by atoms with Gasteiger partial charge in [-0.15, -0.1) is 0 Å². The molecule has 0 unspecified atom stereocenters. The van der Waals surface area contributed by atoms with E-state index in [1.54, 1.807) is 0 Å². The Balaban J connectivity index is 1.76. The third kappa shape index (κ3) is 7.95. The van der Waals surface area contributed by atoms with Gasteiger partial charge in [0.2, 0.25) is 0 Å². The van der Waals surface area contributed by atoms with E-state index in [1.165, 1.54) is 107 Å². The van der Waals surface area contributed by atoms with Gasteiger partial charge in [0, 0.05) is 24.2 Å². The molecule has 0 aliphatic carbocycles. The second kappa shape index (κ2) is 13.6.